The van der Waals surface area contributed by atoms with E-state index in [1.807, 2.05) is 78.9 Å². The minimum Gasteiger partial charge on any atom is -0.497 e. The lowest BCUT2D eigenvalue weighted by atomic mass is 10.1. The van der Waals surface area contributed by atoms with E-state index >= 15 is 0 Å². The number of nitrogens with zero attached hydrogens (tertiary/aromatic N) is 2. The number of hydrazone groups is 1. The second kappa shape index (κ2) is 10.1. The van der Waals surface area contributed by atoms with Crippen molar-refractivity contribution < 1.29 is 14.3 Å². The summed E-state index contributed by atoms with van der Waals surface area (Å²) in [5, 5.41) is 11.0. The van der Waals surface area contributed by atoms with Gasteiger partial charge in [0.1, 0.15) is 23.8 Å². The minimum atomic E-state index is -0.384. The quantitative estimate of drug-likeness (QED) is 0.322. The first-order valence-corrected chi connectivity index (χ1v) is 10.0. The van der Waals surface area contributed by atoms with Crippen LogP contribution in [0.15, 0.2) is 90.0 Å². The summed E-state index contributed by atoms with van der Waals surface area (Å²) in [7, 11) is 1.61. The van der Waals surface area contributed by atoms with Crippen molar-refractivity contribution in [2.75, 3.05) is 7.11 Å². The van der Waals surface area contributed by atoms with Crippen LogP contribution in [-0.4, -0.2) is 29.4 Å². The summed E-state index contributed by atoms with van der Waals surface area (Å²) >= 11 is 0. The Bertz CT molecular complexity index is 1200. The monoisotopic (exact) mass is 426 g/mol. The van der Waals surface area contributed by atoms with Crippen molar-refractivity contribution in [1.82, 2.24) is 15.6 Å². The van der Waals surface area contributed by atoms with E-state index in [1.165, 1.54) is 0 Å². The van der Waals surface area contributed by atoms with Crippen LogP contribution in [0.4, 0.5) is 0 Å². The molecule has 0 aliphatic heterocycles. The Kier molecular flexibility index (Phi) is 6.57. The highest BCUT2D eigenvalue weighted by Gasteiger charge is 2.11. The molecule has 0 bridgehead atoms. The Labute approximate surface area is 185 Å². The summed E-state index contributed by atoms with van der Waals surface area (Å²) in [5.41, 5.74) is 6.21. The molecule has 0 atom stereocenters. The van der Waals surface area contributed by atoms with Crippen molar-refractivity contribution in [2.24, 2.45) is 5.10 Å². The van der Waals surface area contributed by atoms with E-state index in [4.69, 9.17) is 9.47 Å². The van der Waals surface area contributed by atoms with Crippen LogP contribution in [0.25, 0.3) is 11.3 Å². The standard InChI is InChI=1S/C25H22N4O3/c1-31-21-12-10-18(11-13-21)16-26-29-25(30)24-15-23(27-28-24)20-8-5-9-22(14-20)32-17-19-6-3-2-4-7-19/h2-16H,17H2,1H3,(H,27,28)(H,29,30)/b26-16-. The molecule has 160 valence electrons. The molecule has 0 unspecified atom stereocenters. The van der Waals surface area contributed by atoms with Crippen molar-refractivity contribution in [3.05, 3.63) is 102 Å². The third kappa shape index (κ3) is 5.40. The molecule has 0 spiro atoms. The highest BCUT2D eigenvalue weighted by molar-refractivity contribution is 5.94. The predicted octanol–water partition coefficient (Wildman–Crippen LogP) is 4.43. The Morgan fingerprint density at radius 1 is 1.00 bits per heavy atom. The van der Waals surface area contributed by atoms with Gasteiger partial charge in [0.25, 0.3) is 5.91 Å². The molecule has 7 nitrogen and oxygen atoms in total. The maximum Gasteiger partial charge on any atom is 0.289 e. The summed E-state index contributed by atoms with van der Waals surface area (Å²) < 4.78 is 11.0. The lowest BCUT2D eigenvalue weighted by Crippen LogP contribution is -2.17. The molecule has 0 aliphatic rings. The number of H-pyrrole nitrogens is 1. The van der Waals surface area contributed by atoms with Gasteiger partial charge in [0.2, 0.25) is 0 Å². The number of carbonyl (C=O) groups is 1. The molecule has 1 heterocycles. The van der Waals surface area contributed by atoms with E-state index in [1.54, 1.807) is 19.4 Å². The molecule has 32 heavy (non-hydrogen) atoms. The zero-order valence-electron chi connectivity index (χ0n) is 17.5. The first-order valence-electron chi connectivity index (χ1n) is 10.0. The molecular formula is C25H22N4O3. The van der Waals surface area contributed by atoms with Crippen LogP contribution in [0.5, 0.6) is 11.5 Å². The normalized spacial score (nSPS) is 10.8. The van der Waals surface area contributed by atoms with E-state index in [0.717, 1.165) is 28.2 Å². The lowest BCUT2D eigenvalue weighted by Gasteiger charge is -2.07. The second-order valence-corrected chi connectivity index (χ2v) is 6.94. The molecule has 0 saturated heterocycles. The van der Waals surface area contributed by atoms with Crippen molar-refractivity contribution in [3.63, 3.8) is 0 Å². The third-order valence-electron chi connectivity index (χ3n) is 4.70. The van der Waals surface area contributed by atoms with Gasteiger partial charge < -0.3 is 9.47 Å². The number of ether oxygens (including phenoxy) is 2. The Balaban J connectivity index is 1.37. The Hall–Kier alpha value is -4.39. The van der Waals surface area contributed by atoms with Crippen molar-refractivity contribution in [1.29, 1.82) is 0 Å². The summed E-state index contributed by atoms with van der Waals surface area (Å²) in [6, 6.07) is 26.5. The Morgan fingerprint density at radius 2 is 1.81 bits per heavy atom. The van der Waals surface area contributed by atoms with Gasteiger partial charge in [0, 0.05) is 5.56 Å². The van der Waals surface area contributed by atoms with Crippen molar-refractivity contribution >= 4 is 12.1 Å². The number of nitrogens with one attached hydrogen (secondary N) is 2. The number of methoxy groups -OCH3 is 1. The largest absolute Gasteiger partial charge is 0.497 e. The fourth-order valence-electron chi connectivity index (χ4n) is 2.99. The first kappa shape index (κ1) is 20.9. The van der Waals surface area contributed by atoms with Gasteiger partial charge in [0.15, 0.2) is 0 Å². The highest BCUT2D eigenvalue weighted by Crippen LogP contribution is 2.23. The van der Waals surface area contributed by atoms with Crippen molar-refractivity contribution in [3.8, 4) is 22.8 Å². The van der Waals surface area contributed by atoms with E-state index in [-0.39, 0.29) is 5.91 Å². The molecule has 0 fully saturated rings. The SMILES string of the molecule is COc1ccc(/C=N\NC(=O)c2cc(-c3cccc(OCc4ccccc4)c3)n[nH]2)cc1. The average Bonchev–Trinajstić information content (AvgIpc) is 3.35. The number of benzene rings is 3. The summed E-state index contributed by atoms with van der Waals surface area (Å²) in [5.74, 6) is 1.10. The van der Waals surface area contributed by atoms with Gasteiger partial charge in [-0.25, -0.2) is 5.43 Å². The van der Waals surface area contributed by atoms with Crippen LogP contribution in [0.3, 0.4) is 0 Å². The number of rotatable bonds is 8. The summed E-state index contributed by atoms with van der Waals surface area (Å²) in [6.07, 6.45) is 1.56. The molecule has 0 saturated carbocycles. The van der Waals surface area contributed by atoms with Crippen LogP contribution >= 0.6 is 0 Å². The second-order valence-electron chi connectivity index (χ2n) is 6.94. The summed E-state index contributed by atoms with van der Waals surface area (Å²) in [4.78, 5) is 12.4. The van der Waals surface area contributed by atoms with E-state index in [2.05, 4.69) is 20.7 Å². The molecule has 1 aromatic heterocycles. The van der Waals surface area contributed by atoms with Gasteiger partial charge in [-0.1, -0.05) is 42.5 Å². The number of hydrogen-bond donors (Lipinski definition) is 2. The van der Waals surface area contributed by atoms with Gasteiger partial charge >= 0.3 is 0 Å². The third-order valence-corrected chi connectivity index (χ3v) is 4.70. The zero-order chi connectivity index (χ0) is 22.2. The predicted molar refractivity (Wildman–Crippen MR) is 123 cm³/mol. The van der Waals surface area contributed by atoms with Gasteiger partial charge in [-0.05, 0) is 53.6 Å². The van der Waals surface area contributed by atoms with Crippen LogP contribution in [0, 0.1) is 0 Å². The maximum absolute atomic E-state index is 12.4. The molecule has 0 aliphatic carbocycles. The van der Waals surface area contributed by atoms with Crippen LogP contribution < -0.4 is 14.9 Å². The van der Waals surface area contributed by atoms with Gasteiger partial charge in [-0.2, -0.15) is 10.2 Å². The molecule has 4 aromatic rings. The van der Waals surface area contributed by atoms with Crippen LogP contribution in [-0.2, 0) is 6.61 Å². The molecule has 4 rings (SSSR count). The van der Waals surface area contributed by atoms with Crippen LogP contribution in [0.2, 0.25) is 0 Å². The van der Waals surface area contributed by atoms with E-state index in [0.29, 0.717) is 18.0 Å². The zero-order valence-corrected chi connectivity index (χ0v) is 17.5. The maximum atomic E-state index is 12.4. The number of amides is 1. The van der Waals surface area contributed by atoms with Gasteiger partial charge in [0.05, 0.1) is 19.0 Å². The van der Waals surface area contributed by atoms with Crippen molar-refractivity contribution in [2.45, 2.75) is 6.61 Å². The van der Waals surface area contributed by atoms with E-state index in [9.17, 15) is 4.79 Å². The molecule has 3 aromatic carbocycles. The molecular weight excluding hydrogens is 404 g/mol. The number of aromatic nitrogens is 2. The summed E-state index contributed by atoms with van der Waals surface area (Å²) in [6.45, 7) is 0.477. The fourth-order valence-corrected chi connectivity index (χ4v) is 2.99. The number of carbonyl (C=O) groups excluding carboxylic acids is 1. The fraction of sp³-hybridized carbons (Fsp3) is 0.0800. The topological polar surface area (TPSA) is 88.6 Å². The molecule has 1 amide bonds. The minimum absolute atomic E-state index is 0.308. The number of aromatic amines is 1. The highest BCUT2D eigenvalue weighted by atomic mass is 16.5. The first-order chi connectivity index (χ1) is 15.7. The van der Waals surface area contributed by atoms with Gasteiger partial charge in [-0.3, -0.25) is 9.89 Å². The van der Waals surface area contributed by atoms with Gasteiger partial charge in [-0.15, -0.1) is 0 Å². The van der Waals surface area contributed by atoms with Crippen LogP contribution in [0.1, 0.15) is 21.6 Å². The molecule has 0 radical (unpaired) electrons. The number of hydrogen-bond acceptors (Lipinski definition) is 5. The Morgan fingerprint density at radius 3 is 2.59 bits per heavy atom. The lowest BCUT2D eigenvalue weighted by molar-refractivity contribution is 0.0950. The average molecular weight is 426 g/mol. The smallest absolute Gasteiger partial charge is 0.289 e. The molecule has 7 heteroatoms. The molecule has 2 N–H and O–H groups in total. The van der Waals surface area contributed by atoms with E-state index < -0.39 is 0 Å².